The van der Waals surface area contributed by atoms with Crippen LogP contribution in [-0.4, -0.2) is 35.7 Å². The van der Waals surface area contributed by atoms with Crippen molar-refractivity contribution in [2.75, 3.05) is 6.61 Å². The van der Waals surface area contributed by atoms with Gasteiger partial charge in [0.15, 0.2) is 11.2 Å². The smallest absolute Gasteiger partial charge is 0.332 e. The van der Waals surface area contributed by atoms with Crippen LogP contribution in [0, 0.1) is 13.8 Å². The molecule has 3 heterocycles. The van der Waals surface area contributed by atoms with E-state index in [1.807, 2.05) is 13.8 Å². The number of rotatable bonds is 5. The monoisotopic (exact) mass is 359 g/mol. The Morgan fingerprint density at radius 3 is 2.54 bits per heavy atom. The number of nitrogens with zero attached hydrogens (tertiary/aromatic N) is 5. The van der Waals surface area contributed by atoms with Crippen LogP contribution in [0.1, 0.15) is 18.3 Å². The summed E-state index contributed by atoms with van der Waals surface area (Å²) in [6.45, 7) is 9.40. The summed E-state index contributed by atoms with van der Waals surface area (Å²) in [5.41, 5.74) is 1.24. The lowest BCUT2D eigenvalue weighted by Gasteiger charge is -2.07. The van der Waals surface area contributed by atoms with E-state index in [-0.39, 0.29) is 25.3 Å². The van der Waals surface area contributed by atoms with E-state index >= 15 is 0 Å². The molecule has 0 bridgehead atoms. The maximum Gasteiger partial charge on any atom is 0.332 e. The SMILES string of the molecule is C=CCn1c(=O)c2c(nc3n(CC(=O)OCC)c(C)c(C)n23)n(C)c1=O. The van der Waals surface area contributed by atoms with Gasteiger partial charge in [0.05, 0.1) is 6.61 Å². The van der Waals surface area contributed by atoms with Gasteiger partial charge in [-0.1, -0.05) is 6.08 Å². The first-order valence-electron chi connectivity index (χ1n) is 8.27. The minimum Gasteiger partial charge on any atom is -0.465 e. The number of aromatic nitrogens is 5. The second-order valence-corrected chi connectivity index (χ2v) is 6.03. The van der Waals surface area contributed by atoms with Gasteiger partial charge >= 0.3 is 11.7 Å². The molecule has 0 unspecified atom stereocenters. The third-order valence-electron chi connectivity index (χ3n) is 4.53. The average molecular weight is 359 g/mol. The number of hydrogen-bond acceptors (Lipinski definition) is 5. The maximum atomic E-state index is 12.9. The number of aryl methyl sites for hydroxylation is 2. The molecule has 0 radical (unpaired) electrons. The molecule has 26 heavy (non-hydrogen) atoms. The zero-order valence-corrected chi connectivity index (χ0v) is 15.3. The van der Waals surface area contributed by atoms with Gasteiger partial charge < -0.3 is 9.30 Å². The van der Waals surface area contributed by atoms with Crippen molar-refractivity contribution >= 4 is 22.9 Å². The van der Waals surface area contributed by atoms with Crippen LogP contribution in [0.2, 0.25) is 0 Å². The first kappa shape index (κ1) is 17.7. The van der Waals surface area contributed by atoms with Gasteiger partial charge in [0.25, 0.3) is 5.56 Å². The molecule has 3 rings (SSSR count). The summed E-state index contributed by atoms with van der Waals surface area (Å²) in [5, 5.41) is 0. The van der Waals surface area contributed by atoms with Crippen LogP contribution < -0.4 is 11.2 Å². The zero-order chi connectivity index (χ0) is 19.2. The number of allylic oxidation sites excluding steroid dienone is 1. The van der Waals surface area contributed by atoms with Crippen molar-refractivity contribution in [3.63, 3.8) is 0 Å². The third kappa shape index (κ3) is 2.39. The van der Waals surface area contributed by atoms with Gasteiger partial charge in [-0.2, -0.15) is 4.98 Å². The van der Waals surface area contributed by atoms with E-state index < -0.39 is 17.2 Å². The highest BCUT2D eigenvalue weighted by atomic mass is 16.5. The van der Waals surface area contributed by atoms with E-state index in [2.05, 4.69) is 11.6 Å². The van der Waals surface area contributed by atoms with Gasteiger partial charge in [-0.3, -0.25) is 23.1 Å². The van der Waals surface area contributed by atoms with Crippen molar-refractivity contribution in [3.8, 4) is 0 Å². The normalized spacial score (nSPS) is 11.4. The second-order valence-electron chi connectivity index (χ2n) is 6.03. The highest BCUT2D eigenvalue weighted by Gasteiger charge is 2.23. The summed E-state index contributed by atoms with van der Waals surface area (Å²) >= 11 is 0. The first-order valence-corrected chi connectivity index (χ1v) is 8.27. The molecule has 0 aromatic carbocycles. The molecule has 0 saturated heterocycles. The zero-order valence-electron chi connectivity index (χ0n) is 15.3. The Morgan fingerprint density at radius 1 is 1.23 bits per heavy atom. The number of esters is 1. The fraction of sp³-hybridized carbons (Fsp3) is 0.412. The Labute approximate surface area is 148 Å². The Kier molecular flexibility index (Phi) is 4.31. The van der Waals surface area contributed by atoms with Crippen LogP contribution in [0.4, 0.5) is 0 Å². The molecule has 9 nitrogen and oxygen atoms in total. The molecule has 0 fully saturated rings. The summed E-state index contributed by atoms with van der Waals surface area (Å²) in [7, 11) is 1.56. The van der Waals surface area contributed by atoms with Gasteiger partial charge in [-0.15, -0.1) is 6.58 Å². The summed E-state index contributed by atoms with van der Waals surface area (Å²) < 4.78 is 10.8. The molecule has 0 aliphatic rings. The molecule has 3 aromatic rings. The fourth-order valence-corrected chi connectivity index (χ4v) is 3.13. The van der Waals surface area contributed by atoms with Crippen LogP contribution in [-0.2, 0) is 29.7 Å². The van der Waals surface area contributed by atoms with Crippen molar-refractivity contribution in [1.82, 2.24) is 23.1 Å². The molecule has 0 amide bonds. The van der Waals surface area contributed by atoms with E-state index in [0.29, 0.717) is 11.3 Å². The van der Waals surface area contributed by atoms with Crippen molar-refractivity contribution in [2.45, 2.75) is 33.9 Å². The van der Waals surface area contributed by atoms with Crippen molar-refractivity contribution in [3.05, 3.63) is 44.9 Å². The molecule has 0 aliphatic carbocycles. The molecule has 0 spiro atoms. The van der Waals surface area contributed by atoms with Gasteiger partial charge in [-0.25, -0.2) is 4.79 Å². The minimum absolute atomic E-state index is 0.0187. The fourth-order valence-electron chi connectivity index (χ4n) is 3.13. The third-order valence-corrected chi connectivity index (χ3v) is 4.53. The van der Waals surface area contributed by atoms with Gasteiger partial charge in [0.2, 0.25) is 5.78 Å². The Morgan fingerprint density at radius 2 is 1.92 bits per heavy atom. The molecule has 9 heteroatoms. The van der Waals surface area contributed by atoms with E-state index in [0.717, 1.165) is 16.0 Å². The lowest BCUT2D eigenvalue weighted by atomic mass is 10.3. The van der Waals surface area contributed by atoms with Crippen LogP contribution >= 0.6 is 0 Å². The molecular weight excluding hydrogens is 338 g/mol. The van der Waals surface area contributed by atoms with Crippen LogP contribution in [0.25, 0.3) is 16.9 Å². The molecule has 0 saturated carbocycles. The summed E-state index contributed by atoms with van der Waals surface area (Å²) in [6.07, 6.45) is 1.50. The summed E-state index contributed by atoms with van der Waals surface area (Å²) in [4.78, 5) is 41.8. The summed E-state index contributed by atoms with van der Waals surface area (Å²) in [6, 6.07) is 0. The van der Waals surface area contributed by atoms with Gasteiger partial charge in [0.1, 0.15) is 6.54 Å². The standard InChI is InChI=1S/C17H21N5O4/c1-6-8-20-15(24)13-14(19(5)17(20)25)18-16-21(9-12(23)26-7-2)10(3)11(4)22(13)16/h6H,1,7-9H2,2-5H3. The van der Waals surface area contributed by atoms with E-state index in [9.17, 15) is 14.4 Å². The average Bonchev–Trinajstić information content (AvgIpc) is 3.09. The number of hydrogen-bond donors (Lipinski definition) is 0. The quantitative estimate of drug-likeness (QED) is 0.489. The van der Waals surface area contributed by atoms with Crippen LogP contribution in [0.5, 0.6) is 0 Å². The number of fused-ring (bicyclic) bond motifs is 3. The van der Waals surface area contributed by atoms with E-state index in [1.54, 1.807) is 22.9 Å². The highest BCUT2D eigenvalue weighted by Crippen LogP contribution is 2.20. The number of carbonyl (C=O) groups excluding carboxylic acids is 1. The molecule has 0 atom stereocenters. The van der Waals surface area contributed by atoms with Crippen molar-refractivity contribution < 1.29 is 9.53 Å². The topological polar surface area (TPSA) is 92.5 Å². The molecule has 0 N–H and O–H groups in total. The summed E-state index contributed by atoms with van der Waals surface area (Å²) in [5.74, 6) is 0.0321. The first-order chi connectivity index (χ1) is 12.3. The van der Waals surface area contributed by atoms with Crippen LogP contribution in [0.3, 0.4) is 0 Å². The molecule has 0 aliphatic heterocycles. The number of imidazole rings is 2. The van der Waals surface area contributed by atoms with Crippen molar-refractivity contribution in [1.29, 1.82) is 0 Å². The predicted octanol–water partition coefficient (Wildman–Crippen LogP) is 0.515. The second kappa shape index (κ2) is 6.32. The predicted molar refractivity (Wildman–Crippen MR) is 96.5 cm³/mol. The number of ether oxygens (including phenoxy) is 1. The van der Waals surface area contributed by atoms with Gasteiger partial charge in [-0.05, 0) is 20.8 Å². The highest BCUT2D eigenvalue weighted by molar-refractivity contribution is 5.77. The molecule has 3 aromatic heterocycles. The van der Waals surface area contributed by atoms with Crippen molar-refractivity contribution in [2.24, 2.45) is 7.05 Å². The lowest BCUT2D eigenvalue weighted by Crippen LogP contribution is -2.39. The lowest BCUT2D eigenvalue weighted by molar-refractivity contribution is -0.143. The molecule has 138 valence electrons. The Hall–Kier alpha value is -3.10. The van der Waals surface area contributed by atoms with E-state index in [1.165, 1.54) is 10.6 Å². The number of carbonyl (C=O) groups is 1. The maximum absolute atomic E-state index is 12.9. The minimum atomic E-state index is -0.463. The van der Waals surface area contributed by atoms with E-state index in [4.69, 9.17) is 4.74 Å². The van der Waals surface area contributed by atoms with Gasteiger partial charge in [0, 0.05) is 25.0 Å². The Balaban J connectivity index is 2.41. The Bertz CT molecular complexity index is 1160. The van der Waals surface area contributed by atoms with Crippen LogP contribution in [0.15, 0.2) is 22.2 Å². The molecular formula is C17H21N5O4. The largest absolute Gasteiger partial charge is 0.465 e.